The van der Waals surface area contributed by atoms with Gasteiger partial charge in [0.05, 0.1) is 0 Å². The summed E-state index contributed by atoms with van der Waals surface area (Å²) in [4.78, 5) is 6.66. The average Bonchev–Trinajstić information content (AvgIpc) is 3.81. The van der Waals surface area contributed by atoms with Crippen molar-refractivity contribution in [3.8, 4) is 11.1 Å². The second kappa shape index (κ2) is 15.1. The molecule has 8 aromatic carbocycles. The van der Waals surface area contributed by atoms with Crippen LogP contribution in [0.3, 0.4) is 0 Å². The summed E-state index contributed by atoms with van der Waals surface area (Å²) in [5.74, 6) is -2.48. The van der Waals surface area contributed by atoms with Crippen molar-refractivity contribution in [3.63, 3.8) is 0 Å². The lowest BCUT2D eigenvalue weighted by Crippen LogP contribution is -2.61. The van der Waals surface area contributed by atoms with Gasteiger partial charge in [-0.3, -0.25) is 0 Å². The van der Waals surface area contributed by atoms with Crippen molar-refractivity contribution in [2.45, 2.75) is 32.2 Å². The summed E-state index contributed by atoms with van der Waals surface area (Å²) in [5.41, 5.74) is 17.2. The van der Waals surface area contributed by atoms with Crippen molar-refractivity contribution in [1.82, 2.24) is 0 Å². The third-order valence-electron chi connectivity index (χ3n) is 14.0. The topological polar surface area (TPSA) is 83.6 Å². The normalized spacial score (nSPS) is 14.1. The van der Waals surface area contributed by atoms with Crippen LogP contribution in [0.4, 0.5) is 51.2 Å². The van der Waals surface area contributed by atoms with Gasteiger partial charge >= 0.3 is 5.97 Å². The first-order chi connectivity index (χ1) is 32.5. The lowest BCUT2D eigenvalue weighted by molar-refractivity contribution is -0.323. The van der Waals surface area contributed by atoms with E-state index in [0.29, 0.717) is 22.7 Å². The van der Waals surface area contributed by atoms with Crippen molar-refractivity contribution in [2.75, 3.05) is 14.7 Å². The molecule has 12 rings (SSSR count). The Labute approximate surface area is 390 Å². The molecule has 8 heteroatoms. The maximum Gasteiger partial charge on any atom is 0.304 e. The van der Waals surface area contributed by atoms with E-state index in [0.717, 1.165) is 67.1 Å². The largest absolute Gasteiger partial charge is 0.456 e. The van der Waals surface area contributed by atoms with Gasteiger partial charge in [-0.15, -0.1) is 0 Å². The van der Waals surface area contributed by atoms with E-state index in [1.54, 1.807) is 18.2 Å². The zero-order valence-corrected chi connectivity index (χ0v) is 37.4. The molecule has 324 valence electrons. The minimum Gasteiger partial charge on any atom is -0.456 e. The van der Waals surface area contributed by atoms with Crippen LogP contribution in [0.15, 0.2) is 193 Å². The number of fused-ring (bicyclic) bond motifs is 8. The fourth-order valence-electron chi connectivity index (χ4n) is 11.0. The van der Waals surface area contributed by atoms with Crippen LogP contribution < -0.4 is 31.1 Å². The van der Waals surface area contributed by atoms with Crippen LogP contribution in [0.1, 0.15) is 48.8 Å². The predicted octanol–water partition coefficient (Wildman–Crippen LogP) is 12.1. The smallest absolute Gasteiger partial charge is 0.304 e. The molecule has 3 aliphatic rings. The number of hydrogen-bond acceptors (Lipinski definition) is 7. The van der Waals surface area contributed by atoms with Gasteiger partial charge in [0.2, 0.25) is 0 Å². The monoisotopic (exact) mass is 871 g/mol. The fourth-order valence-corrected chi connectivity index (χ4v) is 11.0. The molecule has 0 spiro atoms. The highest BCUT2D eigenvalue weighted by molar-refractivity contribution is 7.00. The van der Waals surface area contributed by atoms with E-state index in [1.165, 1.54) is 22.3 Å². The quantitative estimate of drug-likeness (QED) is 0.104. The van der Waals surface area contributed by atoms with E-state index in [-0.39, 0.29) is 17.7 Å². The van der Waals surface area contributed by atoms with Gasteiger partial charge < -0.3 is 34.4 Å². The molecule has 2 aliphatic heterocycles. The molecule has 3 heterocycles. The molecule has 7 nitrogen and oxygen atoms in total. The number of rotatable bonds is 8. The van der Waals surface area contributed by atoms with Gasteiger partial charge in [-0.2, -0.15) is 0 Å². The van der Waals surface area contributed by atoms with Crippen LogP contribution in [0.2, 0.25) is 0 Å². The zero-order valence-electron chi connectivity index (χ0n) is 37.4. The van der Waals surface area contributed by atoms with Gasteiger partial charge in [0, 0.05) is 79.2 Å². The van der Waals surface area contributed by atoms with Crippen LogP contribution in [0.5, 0.6) is 0 Å². The van der Waals surface area contributed by atoms with Gasteiger partial charge in [-0.25, -0.2) is 0 Å². The second-order valence-electron chi connectivity index (χ2n) is 18.1. The molecule has 9 aromatic rings. The highest BCUT2D eigenvalue weighted by atomic mass is 16.7. The highest BCUT2D eigenvalue weighted by Gasteiger charge is 2.45. The number of hydrogen-bond donors (Lipinski definition) is 3. The number of anilines is 9. The Kier molecular flexibility index (Phi) is 9.15. The number of para-hydroxylation sites is 3. The first-order valence-electron chi connectivity index (χ1n) is 22.7. The molecule has 1 aliphatic carbocycles. The lowest BCUT2D eigenvalue weighted by atomic mass is 9.33. The number of nitrogens with zero attached hydrogens (tertiary/aromatic N) is 3. The molecule has 0 unspecified atom stereocenters. The Morgan fingerprint density at radius 3 is 1.91 bits per heavy atom. The zero-order chi connectivity index (χ0) is 45.8. The molecule has 0 amide bonds. The van der Waals surface area contributed by atoms with Crippen LogP contribution >= 0.6 is 0 Å². The van der Waals surface area contributed by atoms with Gasteiger partial charge in [0.1, 0.15) is 11.3 Å². The summed E-state index contributed by atoms with van der Waals surface area (Å²) in [5, 5.41) is 34.7. The van der Waals surface area contributed by atoms with E-state index in [9.17, 15) is 15.3 Å². The second-order valence-corrected chi connectivity index (χ2v) is 18.1. The van der Waals surface area contributed by atoms with E-state index < -0.39 is 5.97 Å². The van der Waals surface area contributed by atoms with Crippen molar-refractivity contribution < 1.29 is 19.7 Å². The first-order valence-corrected chi connectivity index (χ1v) is 22.7. The average molecular weight is 872 g/mol. The highest BCUT2D eigenvalue weighted by Crippen LogP contribution is 2.52. The molecule has 0 saturated carbocycles. The van der Waals surface area contributed by atoms with Crippen LogP contribution in [0.25, 0.3) is 34.2 Å². The Bertz CT molecular complexity index is 3460. The van der Waals surface area contributed by atoms with E-state index >= 15 is 0 Å². The Balaban J connectivity index is 1.15. The van der Waals surface area contributed by atoms with Crippen molar-refractivity contribution >= 4 is 97.4 Å². The maximum absolute atomic E-state index is 11.3. The summed E-state index contributed by atoms with van der Waals surface area (Å²) < 4.78 is 6.43. The van der Waals surface area contributed by atoms with E-state index in [2.05, 4.69) is 175 Å². The SMILES string of the molecule is C=Cc1oc2cc(N3c4ccccc4B4c5ccc(N(c6ccccc6)c6ccccc6)cc5N(c5ccc6c(c5)C(C)(C)c5ccccc5-6)c5cc(C(O)(O)O)cc3c54)ccc2c1/C=C\C. The van der Waals surface area contributed by atoms with Gasteiger partial charge in [0.25, 0.3) is 6.71 Å². The Morgan fingerprint density at radius 1 is 0.597 bits per heavy atom. The number of benzene rings is 8. The molecule has 0 atom stereocenters. The minimum absolute atomic E-state index is 0.0681. The molecule has 0 radical (unpaired) electrons. The van der Waals surface area contributed by atoms with Crippen molar-refractivity contribution in [1.29, 1.82) is 0 Å². The summed E-state index contributed by atoms with van der Waals surface area (Å²) in [6, 6.07) is 60.8. The summed E-state index contributed by atoms with van der Waals surface area (Å²) in [7, 11) is 0. The molecule has 3 N–H and O–H groups in total. The van der Waals surface area contributed by atoms with Gasteiger partial charge in [-0.1, -0.05) is 124 Å². The third kappa shape index (κ3) is 6.18. The standard InChI is InChI=1S/C59H46BN3O4/c1-5-17-45-46-30-27-42(36-56(46)67-55(45)6-2)62-51-25-16-15-24-49(51)60-50-31-28-41(61(38-18-9-7-10-19-38)39-20-11-8-12-21-39)35-52(50)63(54-33-37(59(64,65)66)32-53(62)57(54)60)40-26-29-44-43-22-13-14-23-47(43)58(3,4)48(44)34-40/h5-36,64-66H,2H2,1,3-4H3/b17-5-. The molecule has 0 fully saturated rings. The number of furan rings is 1. The van der Waals surface area contributed by atoms with Crippen molar-refractivity contribution in [2.24, 2.45) is 0 Å². The Morgan fingerprint density at radius 2 is 1.21 bits per heavy atom. The number of aliphatic hydroxyl groups is 3. The first kappa shape index (κ1) is 40.6. The third-order valence-corrected chi connectivity index (χ3v) is 14.0. The molecule has 0 saturated heterocycles. The van der Waals surface area contributed by atoms with Crippen molar-refractivity contribution in [3.05, 3.63) is 217 Å². The molecular weight excluding hydrogens is 825 g/mol. The van der Waals surface area contributed by atoms with E-state index in [1.807, 2.05) is 43.3 Å². The summed E-state index contributed by atoms with van der Waals surface area (Å²) >= 11 is 0. The molecule has 67 heavy (non-hydrogen) atoms. The predicted molar refractivity (Wildman–Crippen MR) is 276 cm³/mol. The van der Waals surface area contributed by atoms with Gasteiger partial charge in [-0.05, 0) is 131 Å². The van der Waals surface area contributed by atoms with Crippen LogP contribution in [-0.2, 0) is 11.4 Å². The molecular formula is C59H46BN3O4. The van der Waals surface area contributed by atoms with Crippen LogP contribution in [0, 0.1) is 0 Å². The number of allylic oxidation sites excluding steroid dienone is 1. The van der Waals surface area contributed by atoms with Gasteiger partial charge in [0.15, 0.2) is 0 Å². The maximum atomic E-state index is 11.3. The Hall–Kier alpha value is -7.88. The summed E-state index contributed by atoms with van der Waals surface area (Å²) in [6.45, 7) is 10.3. The minimum atomic E-state index is -3.17. The molecule has 0 bridgehead atoms. The van der Waals surface area contributed by atoms with Crippen LogP contribution in [-0.4, -0.2) is 22.0 Å². The summed E-state index contributed by atoms with van der Waals surface area (Å²) in [6.07, 6.45) is 5.75. The molecule has 1 aromatic heterocycles. The van der Waals surface area contributed by atoms with E-state index in [4.69, 9.17) is 4.42 Å². The lowest BCUT2D eigenvalue weighted by Gasteiger charge is -2.45. The fraction of sp³-hybridized carbons (Fsp3) is 0.0847.